The fourth-order valence-electron chi connectivity index (χ4n) is 3.59. The first kappa shape index (κ1) is 17.0. The van der Waals surface area contributed by atoms with E-state index in [1.54, 1.807) is 11.2 Å². The van der Waals surface area contributed by atoms with Crippen LogP contribution < -0.4 is 5.32 Å². The summed E-state index contributed by atoms with van der Waals surface area (Å²) < 4.78 is 35.0. The van der Waals surface area contributed by atoms with Crippen molar-refractivity contribution in [3.8, 4) is 11.3 Å². The Hall–Kier alpha value is -2.48. The molecule has 0 bridgehead atoms. The van der Waals surface area contributed by atoms with E-state index in [0.29, 0.717) is 45.1 Å². The number of ether oxygens (including phenoxy) is 1. The number of imidazole rings is 1. The molecule has 2 fully saturated rings. The summed E-state index contributed by atoms with van der Waals surface area (Å²) in [6.07, 6.45) is 2.49. The molecule has 1 unspecified atom stereocenters. The lowest BCUT2D eigenvalue weighted by Gasteiger charge is -2.18. The van der Waals surface area contributed by atoms with Crippen LogP contribution in [0.3, 0.4) is 0 Å². The molecule has 2 amide bonds. The van der Waals surface area contributed by atoms with Gasteiger partial charge in [0.1, 0.15) is 11.6 Å². The monoisotopic (exact) mass is 362 g/mol. The lowest BCUT2D eigenvalue weighted by molar-refractivity contribution is 0.193. The first-order valence-electron chi connectivity index (χ1n) is 8.74. The van der Waals surface area contributed by atoms with Crippen LogP contribution in [0.2, 0.25) is 0 Å². The van der Waals surface area contributed by atoms with Gasteiger partial charge in [0.25, 0.3) is 0 Å². The summed E-state index contributed by atoms with van der Waals surface area (Å²) in [5.74, 6) is -1.14. The van der Waals surface area contributed by atoms with Gasteiger partial charge in [0.05, 0.1) is 24.3 Å². The first-order valence-corrected chi connectivity index (χ1v) is 8.74. The number of carbonyl (C=O) groups is 1. The molecule has 4 rings (SSSR count). The van der Waals surface area contributed by atoms with E-state index in [9.17, 15) is 13.6 Å². The van der Waals surface area contributed by atoms with Crippen LogP contribution in [-0.4, -0.2) is 53.3 Å². The molecule has 3 heterocycles. The van der Waals surface area contributed by atoms with E-state index < -0.39 is 11.6 Å². The molecule has 1 N–H and O–H groups in total. The van der Waals surface area contributed by atoms with Gasteiger partial charge in [0.15, 0.2) is 0 Å². The Bertz CT molecular complexity index is 818. The van der Waals surface area contributed by atoms with Crippen LogP contribution in [0, 0.1) is 11.6 Å². The van der Waals surface area contributed by atoms with Gasteiger partial charge < -0.3 is 19.5 Å². The molecule has 26 heavy (non-hydrogen) atoms. The zero-order valence-corrected chi connectivity index (χ0v) is 14.3. The summed E-state index contributed by atoms with van der Waals surface area (Å²) in [5.41, 5.74) is 1.68. The van der Waals surface area contributed by atoms with Gasteiger partial charge in [0, 0.05) is 50.3 Å². The van der Waals surface area contributed by atoms with Gasteiger partial charge in [-0.05, 0) is 18.6 Å². The van der Waals surface area contributed by atoms with Crippen molar-refractivity contribution in [2.75, 3.05) is 32.8 Å². The third kappa shape index (κ3) is 3.16. The third-order valence-corrected chi connectivity index (χ3v) is 4.94. The van der Waals surface area contributed by atoms with Crippen molar-refractivity contribution in [3.05, 3.63) is 41.9 Å². The molecule has 2 aromatic rings. The number of nitrogens with zero attached hydrogens (tertiary/aromatic N) is 3. The molecule has 0 radical (unpaired) electrons. The number of carbonyl (C=O) groups excluding carboxylic acids is 1. The van der Waals surface area contributed by atoms with E-state index in [1.165, 1.54) is 12.1 Å². The molecule has 0 saturated carbocycles. The van der Waals surface area contributed by atoms with Gasteiger partial charge in [-0.1, -0.05) is 0 Å². The number of nitrogens with one attached hydrogen (secondary N) is 1. The quantitative estimate of drug-likeness (QED) is 0.888. The van der Waals surface area contributed by atoms with E-state index in [1.807, 2.05) is 4.57 Å². The smallest absolute Gasteiger partial charge is 0.317 e. The minimum Gasteiger partial charge on any atom is -0.381 e. The highest BCUT2D eigenvalue weighted by Crippen LogP contribution is 2.34. The summed E-state index contributed by atoms with van der Waals surface area (Å²) in [6.45, 7) is 3.64. The molecule has 6 nitrogen and oxygen atoms in total. The third-order valence-electron chi connectivity index (χ3n) is 4.94. The summed E-state index contributed by atoms with van der Waals surface area (Å²) in [4.78, 5) is 17.9. The van der Waals surface area contributed by atoms with Crippen LogP contribution >= 0.6 is 0 Å². The molecule has 2 aliphatic rings. The van der Waals surface area contributed by atoms with Gasteiger partial charge in [-0.2, -0.15) is 0 Å². The topological polar surface area (TPSA) is 59.4 Å². The fraction of sp³-hybridized carbons (Fsp3) is 0.444. The normalized spacial score (nSPS) is 20.0. The van der Waals surface area contributed by atoms with Crippen molar-refractivity contribution in [1.29, 1.82) is 0 Å². The number of rotatable bonds is 5. The largest absolute Gasteiger partial charge is 0.381 e. The molecule has 2 saturated heterocycles. The maximum absolute atomic E-state index is 14.3. The van der Waals surface area contributed by atoms with Crippen LogP contribution in [0.5, 0.6) is 0 Å². The lowest BCUT2D eigenvalue weighted by Crippen LogP contribution is -2.31. The van der Waals surface area contributed by atoms with Crippen molar-refractivity contribution in [1.82, 2.24) is 19.8 Å². The Balaban J connectivity index is 1.65. The second kappa shape index (κ2) is 7.03. The second-order valence-corrected chi connectivity index (χ2v) is 6.58. The minimum atomic E-state index is -0.630. The van der Waals surface area contributed by atoms with Gasteiger partial charge in [-0.3, -0.25) is 0 Å². The summed E-state index contributed by atoms with van der Waals surface area (Å²) in [6, 6.07) is 3.46. The van der Waals surface area contributed by atoms with Gasteiger partial charge in [-0.25, -0.2) is 18.6 Å². The number of amides is 2. The summed E-state index contributed by atoms with van der Waals surface area (Å²) in [5, 5.41) is 2.78. The fourth-order valence-corrected chi connectivity index (χ4v) is 3.59. The van der Waals surface area contributed by atoms with Crippen molar-refractivity contribution >= 4 is 6.03 Å². The van der Waals surface area contributed by atoms with Crippen LogP contribution in [0.15, 0.2) is 24.5 Å². The standard InChI is InChI=1S/C18H20F2N4O2/c19-13-1-2-14(15(20)9-13)16-17(12-3-8-26-10-12)24(11-22-16)7-6-23-5-4-21-18(23)25/h1-2,9,11-12H,3-8,10H2,(H,21,25). The average Bonchev–Trinajstić information content (AvgIpc) is 3.33. The zero-order chi connectivity index (χ0) is 18.1. The van der Waals surface area contributed by atoms with Crippen LogP contribution in [0.4, 0.5) is 13.6 Å². The maximum atomic E-state index is 14.3. The molecule has 0 spiro atoms. The zero-order valence-electron chi connectivity index (χ0n) is 14.3. The van der Waals surface area contributed by atoms with E-state index in [4.69, 9.17) is 4.74 Å². The molecule has 0 aliphatic carbocycles. The molecule has 1 atom stereocenters. The highest BCUT2D eigenvalue weighted by Gasteiger charge is 2.28. The Kier molecular flexibility index (Phi) is 4.58. The number of aromatic nitrogens is 2. The lowest BCUT2D eigenvalue weighted by atomic mass is 9.98. The number of hydrogen-bond donors (Lipinski definition) is 1. The minimum absolute atomic E-state index is 0.0688. The Morgan fingerprint density at radius 1 is 1.31 bits per heavy atom. The van der Waals surface area contributed by atoms with E-state index >= 15 is 0 Å². The van der Waals surface area contributed by atoms with E-state index in [0.717, 1.165) is 18.2 Å². The van der Waals surface area contributed by atoms with Crippen molar-refractivity contribution < 1.29 is 18.3 Å². The van der Waals surface area contributed by atoms with Crippen molar-refractivity contribution in [2.45, 2.75) is 18.9 Å². The summed E-state index contributed by atoms with van der Waals surface area (Å²) >= 11 is 0. The number of hydrogen-bond acceptors (Lipinski definition) is 3. The van der Waals surface area contributed by atoms with Crippen LogP contribution in [0.1, 0.15) is 18.0 Å². The van der Waals surface area contributed by atoms with Gasteiger partial charge in [-0.15, -0.1) is 0 Å². The number of urea groups is 1. The Morgan fingerprint density at radius 3 is 2.88 bits per heavy atom. The number of benzene rings is 1. The molecule has 1 aromatic heterocycles. The molecule has 138 valence electrons. The van der Waals surface area contributed by atoms with E-state index in [-0.39, 0.29) is 17.5 Å². The molecular weight excluding hydrogens is 342 g/mol. The van der Waals surface area contributed by atoms with E-state index in [2.05, 4.69) is 10.3 Å². The summed E-state index contributed by atoms with van der Waals surface area (Å²) in [7, 11) is 0. The molecule has 8 heteroatoms. The highest BCUT2D eigenvalue weighted by atomic mass is 19.1. The van der Waals surface area contributed by atoms with Crippen LogP contribution in [0.25, 0.3) is 11.3 Å². The van der Waals surface area contributed by atoms with Gasteiger partial charge in [0.2, 0.25) is 0 Å². The predicted octanol–water partition coefficient (Wildman–Crippen LogP) is 2.36. The Morgan fingerprint density at radius 2 is 2.19 bits per heavy atom. The molecule has 1 aromatic carbocycles. The molecular formula is C18H20F2N4O2. The van der Waals surface area contributed by atoms with Gasteiger partial charge >= 0.3 is 6.03 Å². The highest BCUT2D eigenvalue weighted by molar-refractivity contribution is 5.76. The predicted molar refractivity (Wildman–Crippen MR) is 90.7 cm³/mol. The molecule has 2 aliphatic heterocycles. The Labute approximate surface area is 149 Å². The second-order valence-electron chi connectivity index (χ2n) is 6.58. The van der Waals surface area contributed by atoms with Crippen molar-refractivity contribution in [2.24, 2.45) is 0 Å². The van der Waals surface area contributed by atoms with Crippen molar-refractivity contribution in [3.63, 3.8) is 0 Å². The SMILES string of the molecule is O=C1NCCN1CCn1cnc(-c2ccc(F)cc2F)c1C1CCOC1. The van der Waals surface area contributed by atoms with Crippen LogP contribution in [-0.2, 0) is 11.3 Å². The number of halogens is 2. The average molecular weight is 362 g/mol. The first-order chi connectivity index (χ1) is 12.6. The maximum Gasteiger partial charge on any atom is 0.317 e.